The van der Waals surface area contributed by atoms with Gasteiger partial charge in [-0.3, -0.25) is 4.79 Å². The fraction of sp³-hybridized carbons (Fsp3) is 0.267. The van der Waals surface area contributed by atoms with E-state index in [0.29, 0.717) is 5.56 Å². The summed E-state index contributed by atoms with van der Waals surface area (Å²) in [5.41, 5.74) is 2.79. The van der Waals surface area contributed by atoms with Crippen molar-refractivity contribution in [1.29, 1.82) is 0 Å². The highest BCUT2D eigenvalue weighted by atomic mass is 79.9. The molecule has 0 bridgehead atoms. The van der Waals surface area contributed by atoms with Crippen molar-refractivity contribution in [3.63, 3.8) is 0 Å². The minimum absolute atomic E-state index is 0.0805. The van der Waals surface area contributed by atoms with Crippen LogP contribution in [0.3, 0.4) is 0 Å². The van der Waals surface area contributed by atoms with Crippen molar-refractivity contribution in [3.05, 3.63) is 50.1 Å². The second kappa shape index (κ2) is 6.41. The molecule has 0 aliphatic rings. The Labute approximate surface area is 131 Å². The number of amides is 1. The van der Waals surface area contributed by atoms with Gasteiger partial charge in [0.2, 0.25) is 0 Å². The summed E-state index contributed by atoms with van der Waals surface area (Å²) < 4.78 is 6.30. The summed E-state index contributed by atoms with van der Waals surface area (Å²) >= 11 is 4.86. The molecule has 3 nitrogen and oxygen atoms in total. The molecule has 1 aromatic heterocycles. The molecule has 1 amide bonds. The fourth-order valence-corrected chi connectivity index (χ4v) is 3.12. The van der Waals surface area contributed by atoms with E-state index in [1.165, 1.54) is 11.3 Å². The van der Waals surface area contributed by atoms with Crippen LogP contribution in [0.4, 0.5) is 0 Å². The van der Waals surface area contributed by atoms with Crippen LogP contribution < -0.4 is 10.1 Å². The topological polar surface area (TPSA) is 38.3 Å². The molecule has 2 rings (SSSR count). The Morgan fingerprint density at radius 2 is 2.15 bits per heavy atom. The monoisotopic (exact) mass is 353 g/mol. The van der Waals surface area contributed by atoms with Gasteiger partial charge in [0.25, 0.3) is 5.91 Å². The molecular formula is C15H16BrNO2S. The summed E-state index contributed by atoms with van der Waals surface area (Å²) in [7, 11) is 1.64. The van der Waals surface area contributed by atoms with Crippen molar-refractivity contribution in [2.75, 3.05) is 7.11 Å². The van der Waals surface area contributed by atoms with Crippen LogP contribution >= 0.6 is 27.3 Å². The zero-order valence-electron chi connectivity index (χ0n) is 11.6. The standard InChI is InChI=1S/C15H16BrNO2S/c1-9-4-5-13(19-3)12(6-9)10(2)17-15(18)11-7-14(16)20-8-11/h4-8,10H,1-3H3,(H,17,18). The number of benzene rings is 1. The molecule has 0 saturated carbocycles. The first-order valence-electron chi connectivity index (χ1n) is 6.20. The molecule has 0 aliphatic carbocycles. The van der Waals surface area contributed by atoms with E-state index in [1.807, 2.05) is 43.5 Å². The summed E-state index contributed by atoms with van der Waals surface area (Å²) in [6.45, 7) is 3.98. The SMILES string of the molecule is COc1ccc(C)cc1C(C)NC(=O)c1csc(Br)c1. The predicted molar refractivity (Wildman–Crippen MR) is 85.6 cm³/mol. The van der Waals surface area contributed by atoms with Gasteiger partial charge in [-0.05, 0) is 41.9 Å². The largest absolute Gasteiger partial charge is 0.496 e. The number of hydrogen-bond donors (Lipinski definition) is 1. The fourth-order valence-electron chi connectivity index (χ4n) is 1.98. The molecule has 1 heterocycles. The summed E-state index contributed by atoms with van der Waals surface area (Å²) in [5.74, 6) is 0.706. The van der Waals surface area contributed by atoms with Gasteiger partial charge < -0.3 is 10.1 Å². The maximum Gasteiger partial charge on any atom is 0.252 e. The van der Waals surface area contributed by atoms with Crippen LogP contribution in [-0.4, -0.2) is 13.0 Å². The molecule has 1 atom stereocenters. The van der Waals surface area contributed by atoms with Crippen LogP contribution in [0.25, 0.3) is 0 Å². The Balaban J connectivity index is 2.17. The van der Waals surface area contributed by atoms with Gasteiger partial charge in [0.1, 0.15) is 5.75 Å². The number of halogens is 1. The van der Waals surface area contributed by atoms with E-state index >= 15 is 0 Å². The van der Waals surface area contributed by atoms with Gasteiger partial charge in [0.05, 0.1) is 22.5 Å². The van der Waals surface area contributed by atoms with Crippen LogP contribution in [0.1, 0.15) is 34.5 Å². The third kappa shape index (κ3) is 3.41. The van der Waals surface area contributed by atoms with E-state index < -0.39 is 0 Å². The van der Waals surface area contributed by atoms with Crippen molar-refractivity contribution in [2.24, 2.45) is 0 Å². The lowest BCUT2D eigenvalue weighted by atomic mass is 10.0. The second-order valence-corrected chi connectivity index (χ2v) is 6.87. The highest BCUT2D eigenvalue weighted by Gasteiger charge is 2.16. The maximum atomic E-state index is 12.2. The summed E-state index contributed by atoms with van der Waals surface area (Å²) in [6.07, 6.45) is 0. The first-order valence-corrected chi connectivity index (χ1v) is 7.88. The smallest absolute Gasteiger partial charge is 0.252 e. The normalized spacial score (nSPS) is 12.0. The van der Waals surface area contributed by atoms with Gasteiger partial charge >= 0.3 is 0 Å². The van der Waals surface area contributed by atoms with E-state index in [9.17, 15) is 4.79 Å². The lowest BCUT2D eigenvalue weighted by Gasteiger charge is -2.17. The zero-order valence-corrected chi connectivity index (χ0v) is 14.0. The molecule has 106 valence electrons. The molecule has 0 aliphatic heterocycles. The second-order valence-electron chi connectivity index (χ2n) is 4.58. The number of hydrogen-bond acceptors (Lipinski definition) is 3. The molecule has 2 aromatic rings. The van der Waals surface area contributed by atoms with Crippen LogP contribution in [0.2, 0.25) is 0 Å². The van der Waals surface area contributed by atoms with E-state index in [4.69, 9.17) is 4.74 Å². The Kier molecular flexibility index (Phi) is 4.83. The molecule has 1 unspecified atom stereocenters. The average molecular weight is 354 g/mol. The van der Waals surface area contributed by atoms with Crippen molar-refractivity contribution in [1.82, 2.24) is 5.32 Å². The molecule has 0 spiro atoms. The third-order valence-electron chi connectivity index (χ3n) is 3.03. The molecule has 5 heteroatoms. The molecule has 0 radical (unpaired) electrons. The molecular weight excluding hydrogens is 338 g/mol. The van der Waals surface area contributed by atoms with E-state index in [1.54, 1.807) is 7.11 Å². The number of carbonyl (C=O) groups excluding carboxylic acids is 1. The summed E-state index contributed by atoms with van der Waals surface area (Å²) in [6, 6.07) is 7.66. The molecule has 1 N–H and O–H groups in total. The first-order chi connectivity index (χ1) is 9.51. The maximum absolute atomic E-state index is 12.2. The Hall–Kier alpha value is -1.33. The average Bonchev–Trinajstić information content (AvgIpc) is 2.85. The molecule has 1 aromatic carbocycles. The van der Waals surface area contributed by atoms with Crippen molar-refractivity contribution in [2.45, 2.75) is 19.9 Å². The van der Waals surface area contributed by atoms with E-state index in [0.717, 1.165) is 20.7 Å². The van der Waals surface area contributed by atoms with Crippen molar-refractivity contribution < 1.29 is 9.53 Å². The van der Waals surface area contributed by atoms with Gasteiger partial charge in [0, 0.05) is 10.9 Å². The first kappa shape index (κ1) is 15.1. The zero-order chi connectivity index (χ0) is 14.7. The molecule has 0 fully saturated rings. The highest BCUT2D eigenvalue weighted by molar-refractivity contribution is 9.11. The number of carbonyl (C=O) groups is 1. The number of aryl methyl sites for hydroxylation is 1. The van der Waals surface area contributed by atoms with E-state index in [-0.39, 0.29) is 11.9 Å². The number of methoxy groups -OCH3 is 1. The molecule has 20 heavy (non-hydrogen) atoms. The highest BCUT2D eigenvalue weighted by Crippen LogP contribution is 2.27. The van der Waals surface area contributed by atoms with Crippen LogP contribution in [-0.2, 0) is 0 Å². The van der Waals surface area contributed by atoms with Gasteiger partial charge in [-0.25, -0.2) is 0 Å². The quantitative estimate of drug-likeness (QED) is 0.888. The Morgan fingerprint density at radius 3 is 2.75 bits per heavy atom. The van der Waals surface area contributed by atoms with Gasteiger partial charge in [-0.2, -0.15) is 0 Å². The molecule has 0 saturated heterocycles. The third-order valence-corrected chi connectivity index (χ3v) is 4.53. The summed E-state index contributed by atoms with van der Waals surface area (Å²) in [4.78, 5) is 12.2. The number of thiophene rings is 1. The lowest BCUT2D eigenvalue weighted by Crippen LogP contribution is -2.26. The Bertz CT molecular complexity index is 624. The minimum Gasteiger partial charge on any atom is -0.496 e. The number of rotatable bonds is 4. The minimum atomic E-state index is -0.115. The van der Waals surface area contributed by atoms with Gasteiger partial charge in [-0.15, -0.1) is 11.3 Å². The van der Waals surface area contributed by atoms with Crippen molar-refractivity contribution in [3.8, 4) is 5.75 Å². The lowest BCUT2D eigenvalue weighted by molar-refractivity contribution is 0.0940. The summed E-state index contributed by atoms with van der Waals surface area (Å²) in [5, 5.41) is 4.83. The predicted octanol–water partition coefficient (Wildman–Crippen LogP) is 4.32. The number of ether oxygens (including phenoxy) is 1. The van der Waals surface area contributed by atoms with Crippen LogP contribution in [0.5, 0.6) is 5.75 Å². The van der Waals surface area contributed by atoms with E-state index in [2.05, 4.69) is 21.2 Å². The number of nitrogens with one attached hydrogen (secondary N) is 1. The Morgan fingerprint density at radius 1 is 1.40 bits per heavy atom. The van der Waals surface area contributed by atoms with Crippen LogP contribution in [0, 0.1) is 6.92 Å². The van der Waals surface area contributed by atoms with Gasteiger partial charge in [-0.1, -0.05) is 17.7 Å². The van der Waals surface area contributed by atoms with Crippen molar-refractivity contribution >= 4 is 33.2 Å². The van der Waals surface area contributed by atoms with Crippen LogP contribution in [0.15, 0.2) is 33.4 Å². The van der Waals surface area contributed by atoms with Gasteiger partial charge in [0.15, 0.2) is 0 Å².